The highest BCUT2D eigenvalue weighted by Crippen LogP contribution is 2.27. The van der Waals surface area contributed by atoms with Gasteiger partial charge in [0, 0.05) is 26.0 Å². The quantitative estimate of drug-likeness (QED) is 0.855. The number of amides is 1. The molecule has 1 aromatic heterocycles. The number of aryl methyl sites for hydroxylation is 1. The van der Waals surface area contributed by atoms with Crippen LogP contribution in [0.5, 0.6) is 0 Å². The summed E-state index contributed by atoms with van der Waals surface area (Å²) in [6.07, 6.45) is 1.65. The number of hydrogen-bond acceptors (Lipinski definition) is 5. The molecule has 2 rings (SSSR count). The molecular weight excluding hydrogens is 308 g/mol. The molecule has 0 atom stereocenters. The van der Waals surface area contributed by atoms with Gasteiger partial charge >= 0.3 is 0 Å². The second kappa shape index (κ2) is 7.65. The molecule has 0 aliphatic carbocycles. The Hall–Kier alpha value is -2.52. The molecule has 1 N–H and O–H groups in total. The summed E-state index contributed by atoms with van der Waals surface area (Å²) >= 11 is 1.26. The first kappa shape index (κ1) is 16.8. The third-order valence-electron chi connectivity index (χ3n) is 3.16. The maximum Gasteiger partial charge on any atom is 0.234 e. The van der Waals surface area contributed by atoms with Crippen molar-refractivity contribution >= 4 is 29.0 Å². The van der Waals surface area contributed by atoms with Gasteiger partial charge in [-0.25, -0.2) is 4.98 Å². The van der Waals surface area contributed by atoms with E-state index in [4.69, 9.17) is 0 Å². The predicted molar refractivity (Wildman–Crippen MR) is 93.8 cm³/mol. The highest BCUT2D eigenvalue weighted by Gasteiger charge is 2.13. The van der Waals surface area contributed by atoms with Gasteiger partial charge in [0.2, 0.25) is 5.91 Å². The van der Waals surface area contributed by atoms with Crippen LogP contribution in [-0.4, -0.2) is 30.7 Å². The molecule has 0 bridgehead atoms. The fourth-order valence-electron chi connectivity index (χ4n) is 1.99. The molecule has 0 aliphatic heterocycles. The van der Waals surface area contributed by atoms with Crippen LogP contribution >= 0.6 is 11.8 Å². The molecule has 23 heavy (non-hydrogen) atoms. The second-order valence-electron chi connectivity index (χ2n) is 5.22. The van der Waals surface area contributed by atoms with Crippen LogP contribution in [0.1, 0.15) is 11.1 Å². The highest BCUT2D eigenvalue weighted by atomic mass is 32.2. The molecule has 0 radical (unpaired) electrons. The van der Waals surface area contributed by atoms with E-state index in [0.29, 0.717) is 10.6 Å². The van der Waals surface area contributed by atoms with Crippen molar-refractivity contribution in [3.63, 3.8) is 0 Å². The molecule has 5 nitrogen and oxygen atoms in total. The van der Waals surface area contributed by atoms with Gasteiger partial charge in [-0.15, -0.1) is 0 Å². The average Bonchev–Trinajstić information content (AvgIpc) is 2.54. The molecule has 1 heterocycles. The Bertz CT molecular complexity index is 735. The Balaban J connectivity index is 2.03. The molecule has 0 saturated heterocycles. The van der Waals surface area contributed by atoms with E-state index in [2.05, 4.69) is 16.4 Å². The number of anilines is 2. The van der Waals surface area contributed by atoms with E-state index in [-0.39, 0.29) is 11.7 Å². The monoisotopic (exact) mass is 326 g/mol. The van der Waals surface area contributed by atoms with E-state index in [0.717, 1.165) is 16.9 Å². The summed E-state index contributed by atoms with van der Waals surface area (Å²) in [4.78, 5) is 18.1. The number of carbonyl (C=O) groups excluding carboxylic acids is 1. The smallest absolute Gasteiger partial charge is 0.234 e. The number of benzene rings is 1. The highest BCUT2D eigenvalue weighted by molar-refractivity contribution is 8.00. The minimum Gasteiger partial charge on any atom is -0.376 e. The van der Waals surface area contributed by atoms with Gasteiger partial charge in [-0.05, 0) is 25.1 Å². The summed E-state index contributed by atoms with van der Waals surface area (Å²) in [5, 5.41) is 12.7. The fourth-order valence-corrected chi connectivity index (χ4v) is 2.76. The number of aromatic nitrogens is 1. The number of carbonyl (C=O) groups is 1. The molecule has 0 aliphatic rings. The van der Waals surface area contributed by atoms with Gasteiger partial charge in [0.25, 0.3) is 0 Å². The molecule has 0 unspecified atom stereocenters. The molecule has 6 heteroatoms. The van der Waals surface area contributed by atoms with Crippen molar-refractivity contribution in [3.8, 4) is 6.07 Å². The zero-order chi connectivity index (χ0) is 16.8. The van der Waals surface area contributed by atoms with Crippen LogP contribution in [0.2, 0.25) is 0 Å². The Morgan fingerprint density at radius 3 is 2.61 bits per heavy atom. The molecule has 0 saturated carbocycles. The Morgan fingerprint density at radius 1 is 1.30 bits per heavy atom. The molecule has 118 valence electrons. The van der Waals surface area contributed by atoms with Crippen molar-refractivity contribution < 1.29 is 4.79 Å². The van der Waals surface area contributed by atoms with E-state index in [1.807, 2.05) is 50.2 Å². The molecule has 0 spiro atoms. The maximum absolute atomic E-state index is 12.0. The second-order valence-corrected chi connectivity index (χ2v) is 6.18. The Kier molecular flexibility index (Phi) is 5.61. The predicted octanol–water partition coefficient (Wildman–Crippen LogP) is 3.06. The summed E-state index contributed by atoms with van der Waals surface area (Å²) in [6.45, 7) is 1.99. The van der Waals surface area contributed by atoms with Crippen molar-refractivity contribution in [3.05, 3.63) is 47.7 Å². The normalized spacial score (nSPS) is 10.0. The fraction of sp³-hybridized carbons (Fsp3) is 0.235. The lowest BCUT2D eigenvalue weighted by atomic mass is 10.2. The van der Waals surface area contributed by atoms with E-state index < -0.39 is 0 Å². The van der Waals surface area contributed by atoms with Crippen molar-refractivity contribution in [2.45, 2.75) is 11.9 Å². The third kappa shape index (κ3) is 4.47. The molecule has 0 fully saturated rings. The van der Waals surface area contributed by atoms with E-state index in [9.17, 15) is 10.1 Å². The number of nitrogens with one attached hydrogen (secondary N) is 1. The molecular formula is C17H18N4OS. The lowest BCUT2D eigenvalue weighted by molar-refractivity contribution is -0.113. The van der Waals surface area contributed by atoms with Crippen LogP contribution in [0.3, 0.4) is 0 Å². The standard InChI is InChI=1S/C17H18N4OS/c1-12-4-6-13(7-5-12)20-16(22)11-23-17-14(10-18)15(21(2)3)8-9-19-17/h4-9H,11H2,1-3H3,(H,20,22). The zero-order valence-electron chi connectivity index (χ0n) is 13.3. The molecule has 2 aromatic rings. The van der Waals surface area contributed by atoms with Crippen LogP contribution in [0.15, 0.2) is 41.6 Å². The summed E-state index contributed by atoms with van der Waals surface area (Å²) in [5.74, 6) is 0.0756. The molecule has 1 aromatic carbocycles. The Labute approximate surface area is 140 Å². The topological polar surface area (TPSA) is 69.0 Å². The SMILES string of the molecule is Cc1ccc(NC(=O)CSc2nccc(N(C)C)c2C#N)cc1. The number of thioether (sulfide) groups is 1. The minimum absolute atomic E-state index is 0.125. The number of nitriles is 1. The zero-order valence-corrected chi connectivity index (χ0v) is 14.1. The third-order valence-corrected chi connectivity index (χ3v) is 4.15. The Morgan fingerprint density at radius 2 is 2.00 bits per heavy atom. The van der Waals surface area contributed by atoms with E-state index in [1.54, 1.807) is 12.3 Å². The van der Waals surface area contributed by atoms with Crippen LogP contribution in [0, 0.1) is 18.3 Å². The largest absolute Gasteiger partial charge is 0.376 e. The van der Waals surface area contributed by atoms with Gasteiger partial charge in [0.15, 0.2) is 0 Å². The van der Waals surface area contributed by atoms with Gasteiger partial charge < -0.3 is 10.2 Å². The average molecular weight is 326 g/mol. The first-order valence-electron chi connectivity index (χ1n) is 7.07. The number of nitrogens with zero attached hydrogens (tertiary/aromatic N) is 3. The van der Waals surface area contributed by atoms with Crippen molar-refractivity contribution in [1.29, 1.82) is 5.26 Å². The van der Waals surface area contributed by atoms with Gasteiger partial charge in [-0.3, -0.25) is 4.79 Å². The van der Waals surface area contributed by atoms with E-state index in [1.165, 1.54) is 11.8 Å². The maximum atomic E-state index is 12.0. The van der Waals surface area contributed by atoms with Crippen molar-refractivity contribution in [1.82, 2.24) is 4.98 Å². The number of rotatable bonds is 5. The molecule has 1 amide bonds. The lowest BCUT2D eigenvalue weighted by Crippen LogP contribution is -2.15. The number of hydrogen-bond donors (Lipinski definition) is 1. The summed E-state index contributed by atoms with van der Waals surface area (Å²) < 4.78 is 0. The van der Waals surface area contributed by atoms with Crippen molar-refractivity contribution in [2.24, 2.45) is 0 Å². The minimum atomic E-state index is -0.125. The summed E-state index contributed by atoms with van der Waals surface area (Å²) in [6, 6.07) is 11.6. The van der Waals surface area contributed by atoms with Gasteiger partial charge in [0.1, 0.15) is 16.7 Å². The lowest BCUT2D eigenvalue weighted by Gasteiger charge is -2.15. The van der Waals surface area contributed by atoms with Crippen LogP contribution in [0.25, 0.3) is 0 Å². The summed E-state index contributed by atoms with van der Waals surface area (Å²) in [5.41, 5.74) is 3.19. The van der Waals surface area contributed by atoms with Gasteiger partial charge in [-0.2, -0.15) is 5.26 Å². The summed E-state index contributed by atoms with van der Waals surface area (Å²) in [7, 11) is 3.74. The van der Waals surface area contributed by atoms with E-state index >= 15 is 0 Å². The first-order valence-corrected chi connectivity index (χ1v) is 8.05. The van der Waals surface area contributed by atoms with Crippen LogP contribution in [0.4, 0.5) is 11.4 Å². The van der Waals surface area contributed by atoms with Crippen LogP contribution < -0.4 is 10.2 Å². The van der Waals surface area contributed by atoms with Gasteiger partial charge in [0.05, 0.1) is 11.4 Å². The first-order chi connectivity index (χ1) is 11.0. The van der Waals surface area contributed by atoms with Crippen LogP contribution in [-0.2, 0) is 4.79 Å². The van der Waals surface area contributed by atoms with Crippen molar-refractivity contribution in [2.75, 3.05) is 30.1 Å². The number of pyridine rings is 1. The van der Waals surface area contributed by atoms with Gasteiger partial charge in [-0.1, -0.05) is 29.5 Å².